The van der Waals surface area contributed by atoms with Gasteiger partial charge in [0.2, 0.25) is 5.78 Å². The maximum absolute atomic E-state index is 11.9. The van der Waals surface area contributed by atoms with Gasteiger partial charge in [0, 0.05) is 0 Å². The summed E-state index contributed by atoms with van der Waals surface area (Å²) in [5.74, 6) is 0.523. The number of aryl methyl sites for hydroxylation is 1. The van der Waals surface area contributed by atoms with Crippen molar-refractivity contribution in [3.05, 3.63) is 50.1 Å². The molecule has 18 heavy (non-hydrogen) atoms. The Balaban J connectivity index is 2.05. The van der Waals surface area contributed by atoms with E-state index in [-0.39, 0.29) is 12.4 Å². The van der Waals surface area contributed by atoms with E-state index in [2.05, 4.69) is 0 Å². The highest BCUT2D eigenvalue weighted by molar-refractivity contribution is 7.20. The number of hydrogen-bond acceptors (Lipinski definition) is 3. The summed E-state index contributed by atoms with van der Waals surface area (Å²) in [5.41, 5.74) is 1.40. The summed E-state index contributed by atoms with van der Waals surface area (Å²) in [6.45, 7) is 1.88. The molecule has 0 spiro atoms. The van der Waals surface area contributed by atoms with Crippen LogP contribution in [0, 0.1) is 6.92 Å². The van der Waals surface area contributed by atoms with Crippen LogP contribution in [0.4, 0.5) is 0 Å². The van der Waals surface area contributed by atoms with Gasteiger partial charge in [-0.05, 0) is 24.6 Å². The third-order valence-electron chi connectivity index (χ3n) is 2.41. The molecule has 5 heteroatoms. The Morgan fingerprint density at radius 3 is 2.67 bits per heavy atom. The summed E-state index contributed by atoms with van der Waals surface area (Å²) in [4.78, 5) is 11.9. The summed E-state index contributed by atoms with van der Waals surface area (Å²) < 4.78 is 6.37. The van der Waals surface area contributed by atoms with Crippen LogP contribution in [0.5, 0.6) is 5.75 Å². The zero-order valence-electron chi connectivity index (χ0n) is 9.57. The number of rotatable bonds is 4. The smallest absolute Gasteiger partial charge is 0.202 e. The van der Waals surface area contributed by atoms with Gasteiger partial charge in [-0.25, -0.2) is 0 Å². The number of thiophene rings is 1. The molecule has 0 aliphatic carbocycles. The number of halogens is 2. The van der Waals surface area contributed by atoms with Crippen LogP contribution >= 0.6 is 34.5 Å². The van der Waals surface area contributed by atoms with Crippen molar-refractivity contribution in [2.45, 2.75) is 6.92 Å². The molecule has 0 atom stereocenters. The standard InChI is InChI=1S/C13H10Cl2O2S/c1-8-4-2-3-5-11(8)17-7-10(16)9-6-12(14)18-13(9)15/h2-6H,7H2,1H3. The van der Waals surface area contributed by atoms with Crippen molar-refractivity contribution in [3.63, 3.8) is 0 Å². The summed E-state index contributed by atoms with van der Waals surface area (Å²) in [5, 5.41) is 0. The fraction of sp³-hybridized carbons (Fsp3) is 0.154. The first-order chi connectivity index (χ1) is 8.58. The zero-order valence-corrected chi connectivity index (χ0v) is 11.9. The maximum atomic E-state index is 11.9. The third kappa shape index (κ3) is 3.05. The van der Waals surface area contributed by atoms with Gasteiger partial charge in [0.05, 0.1) is 9.90 Å². The minimum atomic E-state index is -0.175. The number of carbonyl (C=O) groups excluding carboxylic acids is 1. The lowest BCUT2D eigenvalue weighted by molar-refractivity contribution is 0.0921. The molecule has 2 nitrogen and oxygen atoms in total. The van der Waals surface area contributed by atoms with Crippen LogP contribution < -0.4 is 4.74 Å². The molecule has 1 aromatic carbocycles. The summed E-state index contributed by atoms with van der Waals surface area (Å²) >= 11 is 12.9. The van der Waals surface area contributed by atoms with E-state index in [1.54, 1.807) is 6.07 Å². The van der Waals surface area contributed by atoms with Gasteiger partial charge >= 0.3 is 0 Å². The Kier molecular flexibility index (Phi) is 4.27. The predicted molar refractivity (Wildman–Crippen MR) is 75.3 cm³/mol. The molecule has 0 aliphatic heterocycles. The van der Waals surface area contributed by atoms with E-state index >= 15 is 0 Å². The number of ether oxygens (including phenoxy) is 1. The van der Waals surface area contributed by atoms with E-state index in [1.165, 1.54) is 11.3 Å². The van der Waals surface area contributed by atoms with Gasteiger partial charge < -0.3 is 4.74 Å². The zero-order chi connectivity index (χ0) is 13.1. The lowest BCUT2D eigenvalue weighted by Crippen LogP contribution is -2.11. The number of ketones is 1. The van der Waals surface area contributed by atoms with Gasteiger partial charge in [-0.3, -0.25) is 4.79 Å². The SMILES string of the molecule is Cc1ccccc1OCC(=O)c1cc(Cl)sc1Cl. The molecule has 2 aromatic rings. The molecule has 0 radical (unpaired) electrons. The average molecular weight is 301 g/mol. The highest BCUT2D eigenvalue weighted by Gasteiger charge is 2.15. The highest BCUT2D eigenvalue weighted by Crippen LogP contribution is 2.31. The molecular weight excluding hydrogens is 291 g/mol. The van der Waals surface area contributed by atoms with Crippen molar-refractivity contribution in [2.24, 2.45) is 0 Å². The first-order valence-corrected chi connectivity index (χ1v) is 6.81. The largest absolute Gasteiger partial charge is 0.485 e. The second-order valence-electron chi connectivity index (χ2n) is 3.72. The average Bonchev–Trinajstić information content (AvgIpc) is 2.67. The molecule has 1 heterocycles. The molecule has 0 unspecified atom stereocenters. The monoisotopic (exact) mass is 300 g/mol. The Morgan fingerprint density at radius 1 is 1.33 bits per heavy atom. The Morgan fingerprint density at radius 2 is 2.06 bits per heavy atom. The van der Waals surface area contributed by atoms with Crippen molar-refractivity contribution in [2.75, 3.05) is 6.61 Å². The molecular formula is C13H10Cl2O2S. The van der Waals surface area contributed by atoms with Gasteiger partial charge in [-0.1, -0.05) is 41.4 Å². The number of benzene rings is 1. The van der Waals surface area contributed by atoms with Crippen LogP contribution in [-0.4, -0.2) is 12.4 Å². The number of carbonyl (C=O) groups is 1. The molecule has 0 aliphatic rings. The summed E-state index contributed by atoms with van der Waals surface area (Å²) in [7, 11) is 0. The fourth-order valence-corrected chi connectivity index (χ4v) is 2.97. The molecule has 0 saturated heterocycles. The molecule has 94 valence electrons. The Hall–Kier alpha value is -1.03. The molecule has 0 fully saturated rings. The quantitative estimate of drug-likeness (QED) is 0.770. The van der Waals surface area contributed by atoms with Crippen LogP contribution in [0.2, 0.25) is 8.67 Å². The lowest BCUT2D eigenvalue weighted by atomic mass is 10.2. The van der Waals surface area contributed by atoms with Gasteiger partial charge in [0.1, 0.15) is 10.1 Å². The minimum absolute atomic E-state index is 0.0440. The molecule has 0 amide bonds. The van der Waals surface area contributed by atoms with Crippen LogP contribution in [-0.2, 0) is 0 Å². The third-order valence-corrected chi connectivity index (χ3v) is 3.90. The second-order valence-corrected chi connectivity index (χ2v) is 6.00. The van der Waals surface area contributed by atoms with Crippen molar-refractivity contribution in [1.29, 1.82) is 0 Å². The van der Waals surface area contributed by atoms with E-state index in [0.29, 0.717) is 20.0 Å². The van der Waals surface area contributed by atoms with Gasteiger partial charge in [-0.2, -0.15) is 0 Å². The minimum Gasteiger partial charge on any atom is -0.485 e. The van der Waals surface area contributed by atoms with Crippen molar-refractivity contribution in [1.82, 2.24) is 0 Å². The second kappa shape index (κ2) is 5.74. The molecule has 1 aromatic heterocycles. The van der Waals surface area contributed by atoms with Crippen LogP contribution in [0.1, 0.15) is 15.9 Å². The maximum Gasteiger partial charge on any atom is 0.202 e. The van der Waals surface area contributed by atoms with E-state index in [1.807, 2.05) is 31.2 Å². The van der Waals surface area contributed by atoms with E-state index in [4.69, 9.17) is 27.9 Å². The number of para-hydroxylation sites is 1. The molecule has 2 rings (SSSR count). The predicted octanol–water partition coefficient (Wildman–Crippen LogP) is 4.63. The van der Waals surface area contributed by atoms with E-state index in [9.17, 15) is 4.79 Å². The van der Waals surface area contributed by atoms with Crippen molar-refractivity contribution >= 4 is 40.3 Å². The number of hydrogen-bond donors (Lipinski definition) is 0. The first kappa shape index (κ1) is 13.4. The summed E-state index contributed by atoms with van der Waals surface area (Å²) in [6, 6.07) is 9.10. The van der Waals surface area contributed by atoms with Crippen molar-refractivity contribution in [3.8, 4) is 5.75 Å². The first-order valence-electron chi connectivity index (χ1n) is 5.24. The van der Waals surface area contributed by atoms with Crippen LogP contribution in [0.3, 0.4) is 0 Å². The molecule has 0 N–H and O–H groups in total. The van der Waals surface area contributed by atoms with Crippen LogP contribution in [0.25, 0.3) is 0 Å². The highest BCUT2D eigenvalue weighted by atomic mass is 35.5. The number of Topliss-reactive ketones (excluding diaryl/α,β-unsaturated/α-hetero) is 1. The summed E-state index contributed by atoms with van der Waals surface area (Å²) in [6.07, 6.45) is 0. The fourth-order valence-electron chi connectivity index (χ4n) is 1.47. The van der Waals surface area contributed by atoms with Gasteiger partial charge in [-0.15, -0.1) is 11.3 Å². The van der Waals surface area contributed by atoms with E-state index < -0.39 is 0 Å². The molecule has 0 bridgehead atoms. The normalized spacial score (nSPS) is 10.4. The van der Waals surface area contributed by atoms with Gasteiger partial charge in [0.15, 0.2) is 6.61 Å². The molecule has 0 saturated carbocycles. The van der Waals surface area contributed by atoms with Gasteiger partial charge in [0.25, 0.3) is 0 Å². The lowest BCUT2D eigenvalue weighted by Gasteiger charge is -2.07. The Labute approximate surface area is 119 Å². The van der Waals surface area contributed by atoms with E-state index in [0.717, 1.165) is 5.56 Å². The topological polar surface area (TPSA) is 26.3 Å². The Bertz CT molecular complexity index is 578. The van der Waals surface area contributed by atoms with Crippen LogP contribution in [0.15, 0.2) is 30.3 Å². The van der Waals surface area contributed by atoms with Crippen molar-refractivity contribution < 1.29 is 9.53 Å².